The molecule has 0 spiro atoms. The van der Waals surface area contributed by atoms with Crippen LogP contribution in [-0.4, -0.2) is 14.6 Å². The Morgan fingerprint density at radius 1 is 1.32 bits per heavy atom. The van der Waals surface area contributed by atoms with Gasteiger partial charge < -0.3 is 5.32 Å². The zero-order chi connectivity index (χ0) is 15.7. The van der Waals surface area contributed by atoms with E-state index in [9.17, 15) is 4.79 Å². The molecule has 0 saturated heterocycles. The number of hydrogen-bond acceptors (Lipinski definition) is 5. The molecule has 6 heteroatoms. The monoisotopic (exact) mass is 314 g/mol. The Morgan fingerprint density at radius 2 is 2.05 bits per heavy atom. The van der Waals surface area contributed by atoms with Crippen LogP contribution < -0.4 is 10.9 Å². The molecule has 0 unspecified atom stereocenters. The van der Waals surface area contributed by atoms with E-state index < -0.39 is 0 Å². The largest absolute Gasteiger partial charge is 0.354 e. The summed E-state index contributed by atoms with van der Waals surface area (Å²) in [6.07, 6.45) is 1.04. The number of anilines is 1. The maximum Gasteiger partial charge on any atom is 0.275 e. The molecule has 1 aromatic carbocycles. The Morgan fingerprint density at radius 3 is 2.73 bits per heavy atom. The highest BCUT2D eigenvalue weighted by Gasteiger charge is 2.11. The number of fused-ring (bicyclic) bond motifs is 1. The van der Waals surface area contributed by atoms with E-state index in [2.05, 4.69) is 53.5 Å². The third-order valence-corrected chi connectivity index (χ3v) is 4.44. The summed E-state index contributed by atoms with van der Waals surface area (Å²) in [5.41, 5.74) is 3.07. The number of benzene rings is 1. The smallest absolute Gasteiger partial charge is 0.275 e. The van der Waals surface area contributed by atoms with Crippen molar-refractivity contribution in [3.8, 4) is 0 Å². The molecular formula is C16H18N4OS. The lowest BCUT2D eigenvalue weighted by molar-refractivity contribution is 0.844. The van der Waals surface area contributed by atoms with Crippen molar-refractivity contribution in [3.63, 3.8) is 0 Å². The molecule has 114 valence electrons. The molecule has 1 N–H and O–H groups in total. The highest BCUT2D eigenvalue weighted by atomic mass is 32.1. The topological polar surface area (TPSA) is 59.3 Å². The van der Waals surface area contributed by atoms with Crippen molar-refractivity contribution in [2.24, 2.45) is 0 Å². The van der Waals surface area contributed by atoms with Gasteiger partial charge >= 0.3 is 0 Å². The van der Waals surface area contributed by atoms with Crippen LogP contribution in [0.1, 0.15) is 36.7 Å². The Labute approximate surface area is 132 Å². The van der Waals surface area contributed by atoms with Gasteiger partial charge in [-0.2, -0.15) is 4.52 Å². The van der Waals surface area contributed by atoms with Crippen LogP contribution >= 0.6 is 11.3 Å². The van der Waals surface area contributed by atoms with Crippen LogP contribution in [0.3, 0.4) is 0 Å². The zero-order valence-corrected chi connectivity index (χ0v) is 13.6. The van der Waals surface area contributed by atoms with Crippen LogP contribution in [0.25, 0.3) is 4.96 Å². The predicted molar refractivity (Wildman–Crippen MR) is 89.7 cm³/mol. The van der Waals surface area contributed by atoms with Crippen LogP contribution in [-0.2, 0) is 6.42 Å². The van der Waals surface area contributed by atoms with Crippen molar-refractivity contribution >= 4 is 21.4 Å². The minimum absolute atomic E-state index is 0.114. The number of nitrogens with zero attached hydrogens (tertiary/aromatic N) is 3. The summed E-state index contributed by atoms with van der Waals surface area (Å²) in [5.74, 6) is 0. The van der Waals surface area contributed by atoms with Gasteiger partial charge in [0.15, 0.2) is 0 Å². The van der Waals surface area contributed by atoms with Crippen molar-refractivity contribution < 1.29 is 0 Å². The van der Waals surface area contributed by atoms with E-state index in [1.165, 1.54) is 33.0 Å². The molecule has 3 aromatic rings. The van der Waals surface area contributed by atoms with E-state index in [1.54, 1.807) is 0 Å². The number of hydrogen-bond donors (Lipinski definition) is 1. The van der Waals surface area contributed by atoms with Gasteiger partial charge in [0.05, 0.1) is 6.04 Å². The van der Waals surface area contributed by atoms with Crippen molar-refractivity contribution in [2.75, 3.05) is 5.32 Å². The van der Waals surface area contributed by atoms with Gasteiger partial charge in [-0.15, -0.1) is 5.10 Å². The van der Waals surface area contributed by atoms with Gasteiger partial charge in [0, 0.05) is 11.8 Å². The lowest BCUT2D eigenvalue weighted by Gasteiger charge is -2.13. The molecule has 0 aliphatic rings. The van der Waals surface area contributed by atoms with Crippen molar-refractivity contribution in [1.82, 2.24) is 14.6 Å². The molecule has 0 aliphatic carbocycles. The molecule has 2 heterocycles. The van der Waals surface area contributed by atoms with Crippen molar-refractivity contribution in [2.45, 2.75) is 33.2 Å². The van der Waals surface area contributed by atoms with Gasteiger partial charge in [0.1, 0.15) is 0 Å². The maximum atomic E-state index is 11.9. The second-order valence-corrected chi connectivity index (χ2v) is 6.25. The molecule has 0 aliphatic heterocycles. The van der Waals surface area contributed by atoms with E-state index in [4.69, 9.17) is 0 Å². The molecule has 22 heavy (non-hydrogen) atoms. The first-order valence-corrected chi connectivity index (χ1v) is 8.11. The highest BCUT2D eigenvalue weighted by molar-refractivity contribution is 7.20. The SMILES string of the molecule is CCc1ccc([C@@H](C)Nc2nn3c(=O)cc(C)nc3s2)cc1. The summed E-state index contributed by atoms with van der Waals surface area (Å²) < 4.78 is 1.34. The Kier molecular flexibility index (Phi) is 3.94. The number of rotatable bonds is 4. The average Bonchev–Trinajstić information content (AvgIpc) is 2.90. The Hall–Kier alpha value is -2.21. The molecule has 0 bridgehead atoms. The molecular weight excluding hydrogens is 296 g/mol. The second kappa shape index (κ2) is 5.88. The highest BCUT2D eigenvalue weighted by Crippen LogP contribution is 2.23. The van der Waals surface area contributed by atoms with Crippen LogP contribution in [0.4, 0.5) is 5.13 Å². The van der Waals surface area contributed by atoms with E-state index >= 15 is 0 Å². The molecule has 2 aromatic heterocycles. The van der Waals surface area contributed by atoms with Gasteiger partial charge in [-0.05, 0) is 31.4 Å². The second-order valence-electron chi connectivity index (χ2n) is 5.30. The van der Waals surface area contributed by atoms with Gasteiger partial charge in [-0.3, -0.25) is 4.79 Å². The van der Waals surface area contributed by atoms with E-state index in [1.807, 2.05) is 6.92 Å². The molecule has 0 radical (unpaired) electrons. The van der Waals surface area contributed by atoms with Crippen LogP contribution in [0.5, 0.6) is 0 Å². The Bertz CT molecular complexity index is 851. The fourth-order valence-corrected chi connectivity index (χ4v) is 3.23. The van der Waals surface area contributed by atoms with E-state index in [0.717, 1.165) is 6.42 Å². The predicted octanol–water partition coefficient (Wildman–Crippen LogP) is 3.19. The summed E-state index contributed by atoms with van der Waals surface area (Å²) >= 11 is 1.39. The quantitative estimate of drug-likeness (QED) is 0.803. The normalized spacial score (nSPS) is 12.5. The first-order chi connectivity index (χ1) is 10.6. The Balaban J connectivity index is 1.85. The fourth-order valence-electron chi connectivity index (χ4n) is 2.29. The maximum absolute atomic E-state index is 11.9. The summed E-state index contributed by atoms with van der Waals surface area (Å²) in [5, 5.41) is 8.34. The third kappa shape index (κ3) is 2.87. The minimum atomic E-state index is -0.147. The first kappa shape index (κ1) is 14.7. The van der Waals surface area contributed by atoms with Crippen LogP contribution in [0, 0.1) is 6.92 Å². The fraction of sp³-hybridized carbons (Fsp3) is 0.312. The number of aryl methyl sites for hydroxylation is 2. The van der Waals surface area contributed by atoms with Gasteiger partial charge in [-0.25, -0.2) is 4.98 Å². The minimum Gasteiger partial charge on any atom is -0.354 e. The van der Waals surface area contributed by atoms with Gasteiger partial charge in [-0.1, -0.05) is 42.5 Å². The van der Waals surface area contributed by atoms with Gasteiger partial charge in [0.25, 0.3) is 5.56 Å². The summed E-state index contributed by atoms with van der Waals surface area (Å²) in [4.78, 5) is 16.8. The standard InChI is InChI=1S/C16H18N4OS/c1-4-12-5-7-13(8-6-12)11(3)18-15-19-20-14(21)9-10(2)17-16(20)22-15/h5-9,11H,4H2,1-3H3,(H,18,19)/t11-/m1/s1. The summed E-state index contributed by atoms with van der Waals surface area (Å²) in [6, 6.07) is 10.1. The molecule has 1 atom stereocenters. The van der Waals surface area contributed by atoms with E-state index in [-0.39, 0.29) is 11.6 Å². The van der Waals surface area contributed by atoms with Crippen LogP contribution in [0.2, 0.25) is 0 Å². The number of nitrogens with one attached hydrogen (secondary N) is 1. The van der Waals surface area contributed by atoms with Crippen LogP contribution in [0.15, 0.2) is 35.1 Å². The van der Waals surface area contributed by atoms with E-state index in [0.29, 0.717) is 15.8 Å². The average molecular weight is 314 g/mol. The van der Waals surface area contributed by atoms with Crippen molar-refractivity contribution in [1.29, 1.82) is 0 Å². The molecule has 0 fully saturated rings. The molecule has 0 saturated carbocycles. The number of aromatic nitrogens is 3. The van der Waals surface area contributed by atoms with Crippen molar-refractivity contribution in [3.05, 3.63) is 57.5 Å². The summed E-state index contributed by atoms with van der Waals surface area (Å²) in [7, 11) is 0. The zero-order valence-electron chi connectivity index (χ0n) is 12.8. The molecule has 0 amide bonds. The molecule has 5 nitrogen and oxygen atoms in total. The van der Waals surface area contributed by atoms with Gasteiger partial charge in [0.2, 0.25) is 10.1 Å². The lowest BCUT2D eigenvalue weighted by Crippen LogP contribution is -2.14. The third-order valence-electron chi connectivity index (χ3n) is 3.60. The first-order valence-electron chi connectivity index (χ1n) is 7.29. The summed E-state index contributed by atoms with van der Waals surface area (Å²) in [6.45, 7) is 6.03. The molecule has 3 rings (SSSR count). The lowest BCUT2D eigenvalue weighted by atomic mass is 10.1.